The van der Waals surface area contributed by atoms with Crippen LogP contribution in [0.3, 0.4) is 0 Å². The van der Waals surface area contributed by atoms with Gasteiger partial charge in [0.05, 0.1) is 24.7 Å². The Morgan fingerprint density at radius 2 is 2.07 bits per heavy atom. The molecule has 0 aromatic rings. The van der Waals surface area contributed by atoms with E-state index in [0.717, 1.165) is 25.7 Å². The number of nitrogens with two attached hydrogens (primary N) is 1. The van der Waals surface area contributed by atoms with E-state index in [1.807, 2.05) is 0 Å². The molecule has 0 atom stereocenters. The molecule has 1 aliphatic carbocycles. The molecule has 1 heterocycles. The number of amides is 1. The van der Waals surface area contributed by atoms with E-state index >= 15 is 0 Å². The van der Waals surface area contributed by atoms with Crippen LogP contribution in [-0.2, 0) is 9.53 Å². The van der Waals surface area contributed by atoms with E-state index in [9.17, 15) is 4.79 Å². The van der Waals surface area contributed by atoms with E-state index in [1.165, 1.54) is 0 Å². The van der Waals surface area contributed by atoms with Gasteiger partial charge in [-0.15, -0.1) is 0 Å². The predicted octanol–water partition coefficient (Wildman–Crippen LogP) is 0.0205. The fourth-order valence-corrected chi connectivity index (χ4v) is 2.23. The molecule has 0 bridgehead atoms. The number of hydrogen-bond donors (Lipinski definition) is 2. The van der Waals surface area contributed by atoms with E-state index in [1.54, 1.807) is 0 Å². The van der Waals surface area contributed by atoms with E-state index < -0.39 is 0 Å². The average molecular weight is 198 g/mol. The lowest BCUT2D eigenvalue weighted by Gasteiger charge is -2.32. The van der Waals surface area contributed by atoms with Crippen LogP contribution in [0.4, 0.5) is 0 Å². The quantitative estimate of drug-likeness (QED) is 0.672. The maximum Gasteiger partial charge on any atom is 0.227 e. The van der Waals surface area contributed by atoms with Gasteiger partial charge in [0.25, 0.3) is 0 Å². The summed E-state index contributed by atoms with van der Waals surface area (Å²) in [6, 6.07) is 0.228. The zero-order valence-electron chi connectivity index (χ0n) is 8.42. The van der Waals surface area contributed by atoms with E-state index in [0.29, 0.717) is 19.8 Å². The third-order valence-electron chi connectivity index (χ3n) is 3.41. The first-order chi connectivity index (χ1) is 6.77. The number of nitrogens with one attached hydrogen (secondary N) is 1. The topological polar surface area (TPSA) is 64.4 Å². The first kappa shape index (κ1) is 9.93. The summed E-state index contributed by atoms with van der Waals surface area (Å²) < 4.78 is 5.02. The summed E-state index contributed by atoms with van der Waals surface area (Å²) in [5, 5.41) is 3.01. The summed E-state index contributed by atoms with van der Waals surface area (Å²) in [6.45, 7) is 1.80. The standard InChI is InChI=1S/C10H18N2O2/c11-7-10(3-1-2-4-10)9(13)12-8-5-14-6-8/h8H,1-7,11H2,(H,12,13). The second-order valence-corrected chi connectivity index (χ2v) is 4.40. The van der Waals surface area contributed by atoms with Gasteiger partial charge in [-0.1, -0.05) is 12.8 Å². The monoisotopic (exact) mass is 198 g/mol. The molecular weight excluding hydrogens is 180 g/mol. The van der Waals surface area contributed by atoms with Gasteiger partial charge >= 0.3 is 0 Å². The van der Waals surface area contributed by atoms with E-state index in [4.69, 9.17) is 10.5 Å². The van der Waals surface area contributed by atoms with Gasteiger partial charge in [0, 0.05) is 6.54 Å². The fourth-order valence-electron chi connectivity index (χ4n) is 2.23. The molecule has 3 N–H and O–H groups in total. The third-order valence-corrected chi connectivity index (χ3v) is 3.41. The SMILES string of the molecule is NCC1(C(=O)NC2COC2)CCCC1. The highest BCUT2D eigenvalue weighted by Crippen LogP contribution is 2.37. The van der Waals surface area contributed by atoms with Crippen molar-refractivity contribution in [2.75, 3.05) is 19.8 Å². The molecule has 1 saturated heterocycles. The van der Waals surface area contributed by atoms with Crippen LogP contribution in [0, 0.1) is 5.41 Å². The second kappa shape index (κ2) is 3.87. The van der Waals surface area contributed by atoms with Crippen LogP contribution in [0.15, 0.2) is 0 Å². The van der Waals surface area contributed by atoms with Gasteiger partial charge in [0.1, 0.15) is 0 Å². The van der Waals surface area contributed by atoms with E-state index in [2.05, 4.69) is 5.32 Å². The van der Waals surface area contributed by atoms with Crippen molar-refractivity contribution in [3.8, 4) is 0 Å². The molecular formula is C10H18N2O2. The van der Waals surface area contributed by atoms with Gasteiger partial charge in [-0.2, -0.15) is 0 Å². The number of rotatable bonds is 3. The summed E-state index contributed by atoms with van der Waals surface area (Å²) in [4.78, 5) is 12.0. The molecule has 2 rings (SSSR count). The minimum Gasteiger partial charge on any atom is -0.377 e. The normalized spacial score (nSPS) is 25.8. The molecule has 1 saturated carbocycles. The molecule has 0 unspecified atom stereocenters. The van der Waals surface area contributed by atoms with Crippen LogP contribution in [0.5, 0.6) is 0 Å². The highest BCUT2D eigenvalue weighted by atomic mass is 16.5. The van der Waals surface area contributed by atoms with Crippen LogP contribution in [0.1, 0.15) is 25.7 Å². The summed E-state index contributed by atoms with van der Waals surface area (Å²) in [5.74, 6) is 0.144. The molecule has 0 aromatic carbocycles. The Labute approximate surface area is 84.2 Å². The zero-order chi connectivity index (χ0) is 10.0. The first-order valence-corrected chi connectivity index (χ1v) is 5.36. The van der Waals surface area contributed by atoms with Crippen LogP contribution in [0.2, 0.25) is 0 Å². The molecule has 1 aliphatic heterocycles. The lowest BCUT2D eigenvalue weighted by atomic mass is 9.85. The van der Waals surface area contributed by atoms with Gasteiger partial charge in [-0.3, -0.25) is 4.79 Å². The lowest BCUT2D eigenvalue weighted by molar-refractivity contribution is -0.134. The van der Waals surface area contributed by atoms with Gasteiger partial charge in [0.15, 0.2) is 0 Å². The molecule has 0 spiro atoms. The number of carbonyl (C=O) groups excluding carboxylic acids is 1. The van der Waals surface area contributed by atoms with Crippen molar-refractivity contribution in [1.29, 1.82) is 0 Å². The molecule has 80 valence electrons. The maximum atomic E-state index is 12.0. The Morgan fingerprint density at radius 3 is 2.50 bits per heavy atom. The van der Waals surface area contributed by atoms with Gasteiger partial charge in [-0.05, 0) is 12.8 Å². The molecule has 0 aromatic heterocycles. The van der Waals surface area contributed by atoms with Crippen molar-refractivity contribution in [3.63, 3.8) is 0 Å². The molecule has 4 heteroatoms. The average Bonchev–Trinajstić information content (AvgIpc) is 2.60. The Bertz CT molecular complexity index is 220. The van der Waals surface area contributed by atoms with Crippen molar-refractivity contribution in [1.82, 2.24) is 5.32 Å². The lowest BCUT2D eigenvalue weighted by Crippen LogP contribution is -2.54. The molecule has 1 amide bonds. The molecule has 14 heavy (non-hydrogen) atoms. The predicted molar refractivity (Wildman–Crippen MR) is 52.7 cm³/mol. The molecule has 2 fully saturated rings. The minimum absolute atomic E-state index is 0.144. The van der Waals surface area contributed by atoms with Crippen molar-refractivity contribution < 1.29 is 9.53 Å². The van der Waals surface area contributed by atoms with Crippen molar-refractivity contribution in [3.05, 3.63) is 0 Å². The highest BCUT2D eigenvalue weighted by molar-refractivity contribution is 5.83. The zero-order valence-corrected chi connectivity index (χ0v) is 8.42. The van der Waals surface area contributed by atoms with Crippen LogP contribution < -0.4 is 11.1 Å². The summed E-state index contributed by atoms with van der Waals surface area (Å²) in [5.41, 5.74) is 5.44. The van der Waals surface area contributed by atoms with E-state index in [-0.39, 0.29) is 17.4 Å². The van der Waals surface area contributed by atoms with Crippen molar-refractivity contribution in [2.24, 2.45) is 11.1 Å². The second-order valence-electron chi connectivity index (χ2n) is 4.40. The molecule has 0 radical (unpaired) electrons. The third kappa shape index (κ3) is 1.64. The fraction of sp³-hybridized carbons (Fsp3) is 0.900. The first-order valence-electron chi connectivity index (χ1n) is 5.36. The minimum atomic E-state index is -0.268. The summed E-state index contributed by atoms with van der Waals surface area (Å²) >= 11 is 0. The number of carbonyl (C=O) groups is 1. The van der Waals surface area contributed by atoms with Gasteiger partial charge < -0.3 is 15.8 Å². The van der Waals surface area contributed by atoms with Crippen LogP contribution >= 0.6 is 0 Å². The summed E-state index contributed by atoms with van der Waals surface area (Å²) in [6.07, 6.45) is 4.16. The summed E-state index contributed by atoms with van der Waals surface area (Å²) in [7, 11) is 0. The number of hydrogen-bond acceptors (Lipinski definition) is 3. The number of ether oxygens (including phenoxy) is 1. The highest BCUT2D eigenvalue weighted by Gasteiger charge is 2.41. The van der Waals surface area contributed by atoms with Crippen molar-refractivity contribution in [2.45, 2.75) is 31.7 Å². The Morgan fingerprint density at radius 1 is 1.43 bits per heavy atom. The molecule has 4 nitrogen and oxygen atoms in total. The Hall–Kier alpha value is -0.610. The Balaban J connectivity index is 1.92. The van der Waals surface area contributed by atoms with Crippen LogP contribution in [-0.4, -0.2) is 31.7 Å². The van der Waals surface area contributed by atoms with Crippen LogP contribution in [0.25, 0.3) is 0 Å². The smallest absolute Gasteiger partial charge is 0.227 e. The van der Waals surface area contributed by atoms with Gasteiger partial charge in [0.2, 0.25) is 5.91 Å². The van der Waals surface area contributed by atoms with Gasteiger partial charge in [-0.25, -0.2) is 0 Å². The van der Waals surface area contributed by atoms with Crippen molar-refractivity contribution >= 4 is 5.91 Å². The maximum absolute atomic E-state index is 12.0. The molecule has 2 aliphatic rings. The largest absolute Gasteiger partial charge is 0.377 e. The Kier molecular flexibility index (Phi) is 2.74.